The predicted molar refractivity (Wildman–Crippen MR) is 132 cm³/mol. The summed E-state index contributed by atoms with van der Waals surface area (Å²) in [7, 11) is -3.78. The van der Waals surface area contributed by atoms with E-state index in [2.05, 4.69) is 10.0 Å². The lowest BCUT2D eigenvalue weighted by Crippen LogP contribution is -2.30. The molecule has 0 saturated heterocycles. The van der Waals surface area contributed by atoms with E-state index >= 15 is 0 Å². The van der Waals surface area contributed by atoms with Crippen molar-refractivity contribution < 1.29 is 22.7 Å². The minimum absolute atomic E-state index is 0.195. The van der Waals surface area contributed by atoms with Gasteiger partial charge in [0.1, 0.15) is 0 Å². The Balaban J connectivity index is 1.61. The monoisotopic (exact) mass is 480 g/mol. The number of esters is 1. The third-order valence-corrected chi connectivity index (χ3v) is 6.81. The molecule has 3 aromatic rings. The average molecular weight is 481 g/mol. The molecule has 2 N–H and O–H groups in total. The van der Waals surface area contributed by atoms with Gasteiger partial charge in [-0.05, 0) is 86.3 Å². The lowest BCUT2D eigenvalue weighted by Gasteiger charge is -2.14. The Morgan fingerprint density at radius 2 is 1.53 bits per heavy atom. The minimum atomic E-state index is -3.78. The highest BCUT2D eigenvalue weighted by Gasteiger charge is 2.20. The number of hydrogen-bond donors (Lipinski definition) is 2. The van der Waals surface area contributed by atoms with E-state index in [1.54, 1.807) is 31.2 Å². The number of rotatable bonds is 8. The predicted octanol–water partition coefficient (Wildman–Crippen LogP) is 4.85. The third kappa shape index (κ3) is 6.23. The Hall–Kier alpha value is -3.65. The van der Waals surface area contributed by atoms with E-state index in [0.29, 0.717) is 16.9 Å². The quantitative estimate of drug-likeness (QED) is 0.449. The van der Waals surface area contributed by atoms with Crippen LogP contribution in [-0.2, 0) is 26.0 Å². The van der Waals surface area contributed by atoms with Crippen LogP contribution in [0.3, 0.4) is 0 Å². The van der Waals surface area contributed by atoms with Crippen LogP contribution in [-0.4, -0.2) is 26.4 Å². The first-order valence-corrected chi connectivity index (χ1v) is 12.4. The Morgan fingerprint density at radius 3 is 2.15 bits per heavy atom. The number of hydrogen-bond acceptors (Lipinski definition) is 5. The highest BCUT2D eigenvalue weighted by atomic mass is 32.2. The maximum atomic E-state index is 12.8. The second-order valence-corrected chi connectivity index (χ2v) is 9.69. The molecule has 0 aliphatic carbocycles. The molecule has 0 aliphatic rings. The fourth-order valence-corrected chi connectivity index (χ4v) is 4.62. The second kappa shape index (κ2) is 10.5. The normalized spacial score (nSPS) is 12.0. The molecule has 3 rings (SSSR count). The summed E-state index contributed by atoms with van der Waals surface area (Å²) in [5.41, 5.74) is 3.73. The Kier molecular flexibility index (Phi) is 7.73. The van der Waals surface area contributed by atoms with Gasteiger partial charge >= 0.3 is 5.97 Å². The molecule has 3 aromatic carbocycles. The van der Waals surface area contributed by atoms with Crippen molar-refractivity contribution in [2.45, 2.75) is 45.1 Å². The first kappa shape index (κ1) is 25.0. The minimum Gasteiger partial charge on any atom is -0.449 e. The number of sulfonamides is 1. The molecule has 0 aliphatic heterocycles. The molecule has 0 radical (unpaired) electrons. The van der Waals surface area contributed by atoms with Crippen LogP contribution in [0.5, 0.6) is 0 Å². The number of amides is 1. The van der Waals surface area contributed by atoms with E-state index in [-0.39, 0.29) is 10.5 Å². The molecule has 0 unspecified atom stereocenters. The van der Waals surface area contributed by atoms with Crippen molar-refractivity contribution >= 4 is 33.3 Å². The fraction of sp³-hybridized carbons (Fsp3) is 0.231. The summed E-state index contributed by atoms with van der Waals surface area (Å²) in [4.78, 5) is 25.0. The van der Waals surface area contributed by atoms with Gasteiger partial charge in [-0.15, -0.1) is 0 Å². The Labute approximate surface area is 200 Å². The molecular formula is C26H28N2O5S. The molecule has 0 bridgehead atoms. The van der Waals surface area contributed by atoms with Crippen LogP contribution >= 0.6 is 0 Å². The molecule has 1 atom stereocenters. The van der Waals surface area contributed by atoms with Crippen molar-refractivity contribution in [3.8, 4) is 0 Å². The SMILES string of the molecule is CCc1ccc(NC(=O)[C@H](C)OC(=O)c2ccc(NS(=O)(=O)c3cc(C)ccc3C)cc2)cc1. The van der Waals surface area contributed by atoms with Crippen LogP contribution in [0.15, 0.2) is 71.6 Å². The zero-order valence-electron chi connectivity index (χ0n) is 19.6. The number of carbonyl (C=O) groups is 2. The molecule has 7 nitrogen and oxygen atoms in total. The zero-order valence-corrected chi connectivity index (χ0v) is 20.4. The summed E-state index contributed by atoms with van der Waals surface area (Å²) in [6, 6.07) is 18.5. The van der Waals surface area contributed by atoms with E-state index in [1.165, 1.54) is 31.2 Å². The van der Waals surface area contributed by atoms with Gasteiger partial charge in [-0.25, -0.2) is 13.2 Å². The van der Waals surface area contributed by atoms with Crippen LogP contribution in [0, 0.1) is 13.8 Å². The summed E-state index contributed by atoms with van der Waals surface area (Å²) < 4.78 is 33.3. The number of anilines is 2. The van der Waals surface area contributed by atoms with Gasteiger partial charge in [0.2, 0.25) is 0 Å². The van der Waals surface area contributed by atoms with Crippen molar-refractivity contribution in [1.29, 1.82) is 0 Å². The molecule has 0 heterocycles. The van der Waals surface area contributed by atoms with Crippen molar-refractivity contribution in [3.63, 3.8) is 0 Å². The Bertz CT molecular complexity index is 1280. The highest BCUT2D eigenvalue weighted by molar-refractivity contribution is 7.92. The first-order chi connectivity index (χ1) is 16.1. The number of ether oxygens (including phenoxy) is 1. The van der Waals surface area contributed by atoms with Gasteiger partial charge < -0.3 is 10.1 Å². The second-order valence-electron chi connectivity index (χ2n) is 8.04. The fourth-order valence-electron chi connectivity index (χ4n) is 3.23. The van der Waals surface area contributed by atoms with Crippen LogP contribution in [0.25, 0.3) is 0 Å². The molecule has 0 saturated carbocycles. The molecule has 0 spiro atoms. The van der Waals surface area contributed by atoms with E-state index < -0.39 is 28.0 Å². The third-order valence-electron chi connectivity index (χ3n) is 5.29. The summed E-state index contributed by atoms with van der Waals surface area (Å²) in [5, 5.41) is 2.72. The van der Waals surface area contributed by atoms with Gasteiger partial charge in [0.25, 0.3) is 15.9 Å². The largest absolute Gasteiger partial charge is 0.449 e. The van der Waals surface area contributed by atoms with Crippen molar-refractivity contribution in [1.82, 2.24) is 0 Å². The topological polar surface area (TPSA) is 102 Å². The molecule has 0 fully saturated rings. The van der Waals surface area contributed by atoms with Crippen LogP contribution in [0.4, 0.5) is 11.4 Å². The van der Waals surface area contributed by atoms with Crippen molar-refractivity contribution in [3.05, 3.63) is 89.0 Å². The van der Waals surface area contributed by atoms with Crippen LogP contribution < -0.4 is 10.0 Å². The average Bonchev–Trinajstić information content (AvgIpc) is 2.81. The van der Waals surface area contributed by atoms with Crippen molar-refractivity contribution in [2.24, 2.45) is 0 Å². The molecule has 0 aromatic heterocycles. The molecule has 178 valence electrons. The first-order valence-electron chi connectivity index (χ1n) is 10.9. The highest BCUT2D eigenvalue weighted by Crippen LogP contribution is 2.21. The number of benzene rings is 3. The van der Waals surface area contributed by atoms with E-state index in [9.17, 15) is 18.0 Å². The molecule has 8 heteroatoms. The lowest BCUT2D eigenvalue weighted by molar-refractivity contribution is -0.123. The smallest absolute Gasteiger partial charge is 0.338 e. The van der Waals surface area contributed by atoms with E-state index in [0.717, 1.165) is 17.5 Å². The van der Waals surface area contributed by atoms with Crippen molar-refractivity contribution in [2.75, 3.05) is 10.0 Å². The number of aryl methyl sites for hydroxylation is 3. The standard InChI is InChI=1S/C26H28N2O5S/c1-5-20-8-12-22(13-9-20)27-25(29)19(4)33-26(30)21-10-14-23(15-11-21)28-34(31,32)24-16-17(2)6-7-18(24)3/h6-16,19,28H,5H2,1-4H3,(H,27,29)/t19-/m0/s1. The lowest BCUT2D eigenvalue weighted by atomic mass is 10.1. The van der Waals surface area contributed by atoms with E-state index in [4.69, 9.17) is 4.74 Å². The van der Waals surface area contributed by atoms with Gasteiger partial charge in [-0.3, -0.25) is 9.52 Å². The van der Waals surface area contributed by atoms with Gasteiger partial charge in [0, 0.05) is 11.4 Å². The van der Waals surface area contributed by atoms with Gasteiger partial charge in [-0.1, -0.05) is 31.2 Å². The maximum Gasteiger partial charge on any atom is 0.338 e. The maximum absolute atomic E-state index is 12.8. The van der Waals surface area contributed by atoms with E-state index in [1.807, 2.05) is 32.0 Å². The molecule has 34 heavy (non-hydrogen) atoms. The molecular weight excluding hydrogens is 452 g/mol. The summed E-state index contributed by atoms with van der Waals surface area (Å²) in [5.74, 6) is -1.14. The summed E-state index contributed by atoms with van der Waals surface area (Å²) in [6.45, 7) is 7.08. The number of carbonyl (C=O) groups excluding carboxylic acids is 2. The zero-order chi connectivity index (χ0) is 24.9. The van der Waals surface area contributed by atoms with Gasteiger partial charge in [0.15, 0.2) is 6.10 Å². The summed E-state index contributed by atoms with van der Waals surface area (Å²) >= 11 is 0. The molecule has 1 amide bonds. The Morgan fingerprint density at radius 1 is 0.912 bits per heavy atom. The number of nitrogens with one attached hydrogen (secondary N) is 2. The van der Waals surface area contributed by atoms with Crippen LogP contribution in [0.1, 0.15) is 40.9 Å². The van der Waals surface area contributed by atoms with Gasteiger partial charge in [-0.2, -0.15) is 0 Å². The van der Waals surface area contributed by atoms with Gasteiger partial charge in [0.05, 0.1) is 10.5 Å². The van der Waals surface area contributed by atoms with Crippen LogP contribution in [0.2, 0.25) is 0 Å². The summed E-state index contributed by atoms with van der Waals surface area (Å²) in [6.07, 6.45) is -0.116.